The van der Waals surface area contributed by atoms with Gasteiger partial charge in [0.15, 0.2) is 0 Å². The maximum Gasteiger partial charge on any atom is 0.322 e. The molecule has 2 atom stereocenters. The van der Waals surface area contributed by atoms with Crippen LogP contribution in [0.15, 0.2) is 113 Å². The van der Waals surface area contributed by atoms with Crippen molar-refractivity contribution in [2.24, 2.45) is 5.10 Å². The Bertz CT molecular complexity index is 1740. The molecule has 0 aromatic heterocycles. The number of unbranched alkanes of at least 4 members (excludes halogenated alkanes) is 2. The second kappa shape index (κ2) is 14.7. The molecule has 0 aliphatic carbocycles. The van der Waals surface area contributed by atoms with Gasteiger partial charge in [0, 0.05) is 13.5 Å². The molecule has 1 aliphatic heterocycles. The fourth-order valence-corrected chi connectivity index (χ4v) is 7.08. The first-order valence-corrected chi connectivity index (χ1v) is 17.1. The van der Waals surface area contributed by atoms with E-state index in [2.05, 4.69) is 31.2 Å². The molecule has 0 amide bonds. The third-order valence-corrected chi connectivity index (χ3v) is 10.4. The number of anilines is 1. The summed E-state index contributed by atoms with van der Waals surface area (Å²) in [6, 6.07) is 30.7. The maximum atomic E-state index is 13.6. The summed E-state index contributed by atoms with van der Waals surface area (Å²) >= 11 is 0. The van der Waals surface area contributed by atoms with Gasteiger partial charge in [0.05, 0.1) is 29.4 Å². The van der Waals surface area contributed by atoms with Crippen molar-refractivity contribution in [3.8, 4) is 5.75 Å². The Hall–Kier alpha value is -4.47. The second-order valence-corrected chi connectivity index (χ2v) is 13.6. The number of methoxy groups -OCH3 is 1. The number of rotatable bonds is 14. The molecular formula is C37H41N3O5S. The summed E-state index contributed by atoms with van der Waals surface area (Å²) in [7, 11) is -1.14. The standard InChI is InChI=1S/C37H41N3O5S/c1-4-5-7-10-27-13-15-30(16-14-27)35-26-34(29-17-21-32(45-3)22-18-29)38-40(35)31-19-23-33(24-20-31)46(43,44)39(2)36(37(41)42)25-28-11-8-6-9-12-28/h6,8-9,11-24,35-36H,4-5,7,10,25-26H2,1-3H3,(H,41,42). The first-order valence-electron chi connectivity index (χ1n) is 15.7. The van der Waals surface area contributed by atoms with Gasteiger partial charge in [0.1, 0.15) is 11.8 Å². The van der Waals surface area contributed by atoms with Gasteiger partial charge in [-0.25, -0.2) is 8.42 Å². The monoisotopic (exact) mass is 639 g/mol. The van der Waals surface area contributed by atoms with Crippen LogP contribution in [-0.4, -0.2) is 49.7 Å². The SMILES string of the molecule is CCCCCc1ccc(C2CC(c3ccc(OC)cc3)=NN2c2ccc(S(=O)(=O)N(C)C(Cc3ccccc3)C(=O)O)cc2)cc1. The Morgan fingerprint density at radius 3 is 2.22 bits per heavy atom. The minimum Gasteiger partial charge on any atom is -0.497 e. The highest BCUT2D eigenvalue weighted by Crippen LogP contribution is 2.37. The molecule has 8 nitrogen and oxygen atoms in total. The van der Waals surface area contributed by atoms with E-state index in [9.17, 15) is 18.3 Å². The van der Waals surface area contributed by atoms with Crippen molar-refractivity contribution in [1.82, 2.24) is 4.31 Å². The summed E-state index contributed by atoms with van der Waals surface area (Å²) in [5, 5.41) is 16.9. The topological polar surface area (TPSA) is 99.5 Å². The number of hydrazone groups is 1. The van der Waals surface area contributed by atoms with Crippen LogP contribution in [0.4, 0.5) is 5.69 Å². The molecule has 4 aromatic rings. The third-order valence-electron chi connectivity index (χ3n) is 8.54. The van der Waals surface area contributed by atoms with Crippen molar-refractivity contribution in [3.63, 3.8) is 0 Å². The summed E-state index contributed by atoms with van der Waals surface area (Å²) in [4.78, 5) is 12.2. The molecule has 2 unspecified atom stereocenters. The first-order chi connectivity index (χ1) is 22.2. The summed E-state index contributed by atoms with van der Waals surface area (Å²) in [5.74, 6) is -0.437. The zero-order valence-electron chi connectivity index (χ0n) is 26.5. The second-order valence-electron chi connectivity index (χ2n) is 11.6. The molecule has 4 aromatic carbocycles. The van der Waals surface area contributed by atoms with Gasteiger partial charge in [0.2, 0.25) is 10.0 Å². The lowest BCUT2D eigenvalue weighted by Gasteiger charge is -2.26. The minimum atomic E-state index is -4.10. The number of hydrogen-bond acceptors (Lipinski definition) is 6. The number of carboxylic acid groups (broad SMARTS) is 1. The summed E-state index contributed by atoms with van der Waals surface area (Å²) < 4.78 is 33.5. The molecule has 0 saturated heterocycles. The number of nitrogens with zero attached hydrogens (tertiary/aromatic N) is 3. The Labute approximate surface area is 272 Å². The molecule has 0 spiro atoms. The van der Waals surface area contributed by atoms with Crippen molar-refractivity contribution < 1.29 is 23.1 Å². The van der Waals surface area contributed by atoms with Crippen LogP contribution in [0.1, 0.15) is 60.9 Å². The summed E-state index contributed by atoms with van der Waals surface area (Å²) in [6.07, 6.45) is 5.34. The Balaban J connectivity index is 1.42. The Kier molecular flexibility index (Phi) is 10.6. The molecule has 9 heteroatoms. The van der Waals surface area contributed by atoms with Crippen LogP contribution in [-0.2, 0) is 27.7 Å². The van der Waals surface area contributed by atoms with Crippen molar-refractivity contribution in [3.05, 3.63) is 125 Å². The van der Waals surface area contributed by atoms with Crippen LogP contribution in [0.5, 0.6) is 5.75 Å². The largest absolute Gasteiger partial charge is 0.497 e. The Morgan fingerprint density at radius 1 is 0.935 bits per heavy atom. The summed E-state index contributed by atoms with van der Waals surface area (Å²) in [6.45, 7) is 2.21. The van der Waals surface area contributed by atoms with Gasteiger partial charge >= 0.3 is 5.97 Å². The van der Waals surface area contributed by atoms with Gasteiger partial charge in [-0.15, -0.1) is 0 Å². The number of aryl methyl sites for hydroxylation is 1. The molecule has 46 heavy (non-hydrogen) atoms. The maximum absolute atomic E-state index is 13.6. The zero-order chi connectivity index (χ0) is 32.7. The van der Waals surface area contributed by atoms with Crippen LogP contribution >= 0.6 is 0 Å². The van der Waals surface area contributed by atoms with Crippen molar-refractivity contribution in [2.45, 2.75) is 62.4 Å². The van der Waals surface area contributed by atoms with E-state index < -0.39 is 22.0 Å². The zero-order valence-corrected chi connectivity index (χ0v) is 27.4. The predicted octanol–water partition coefficient (Wildman–Crippen LogP) is 7.10. The van der Waals surface area contributed by atoms with E-state index in [0.29, 0.717) is 6.42 Å². The third kappa shape index (κ3) is 7.49. The van der Waals surface area contributed by atoms with Gasteiger partial charge < -0.3 is 9.84 Å². The van der Waals surface area contributed by atoms with E-state index >= 15 is 0 Å². The van der Waals surface area contributed by atoms with Crippen LogP contribution in [0.25, 0.3) is 0 Å². The van der Waals surface area contributed by atoms with Crippen molar-refractivity contribution in [2.75, 3.05) is 19.2 Å². The number of ether oxygens (including phenoxy) is 1. The molecule has 1 aliphatic rings. The quantitative estimate of drug-likeness (QED) is 0.148. The van der Waals surface area contributed by atoms with Gasteiger partial charge in [0.25, 0.3) is 0 Å². The van der Waals surface area contributed by atoms with E-state index in [0.717, 1.165) is 44.6 Å². The highest BCUT2D eigenvalue weighted by Gasteiger charge is 2.34. The van der Waals surface area contributed by atoms with E-state index in [1.54, 1.807) is 43.5 Å². The molecule has 0 bridgehead atoms. The van der Waals surface area contributed by atoms with E-state index in [1.165, 1.54) is 44.0 Å². The van der Waals surface area contributed by atoms with Gasteiger partial charge in [-0.2, -0.15) is 9.41 Å². The van der Waals surface area contributed by atoms with Crippen LogP contribution in [0.3, 0.4) is 0 Å². The molecule has 0 saturated carbocycles. The molecule has 1 heterocycles. The fraction of sp³-hybridized carbons (Fsp3) is 0.297. The number of benzene rings is 4. The number of carboxylic acids is 1. The number of aliphatic carboxylic acids is 1. The average Bonchev–Trinajstić information content (AvgIpc) is 3.53. The van der Waals surface area contributed by atoms with Crippen LogP contribution in [0.2, 0.25) is 0 Å². The average molecular weight is 640 g/mol. The number of sulfonamides is 1. The molecule has 0 radical (unpaired) electrons. The lowest BCUT2D eigenvalue weighted by atomic mass is 9.96. The van der Waals surface area contributed by atoms with Crippen molar-refractivity contribution in [1.29, 1.82) is 0 Å². The molecule has 5 rings (SSSR count). The predicted molar refractivity (Wildman–Crippen MR) is 182 cm³/mol. The molecular weight excluding hydrogens is 598 g/mol. The number of likely N-dealkylation sites (N-methyl/N-ethyl adjacent to an activating group) is 1. The minimum absolute atomic E-state index is 0.0181. The van der Waals surface area contributed by atoms with Crippen LogP contribution < -0.4 is 9.75 Å². The smallest absolute Gasteiger partial charge is 0.322 e. The van der Waals surface area contributed by atoms with E-state index in [-0.39, 0.29) is 17.4 Å². The van der Waals surface area contributed by atoms with Gasteiger partial charge in [-0.05, 0) is 90.0 Å². The normalized spacial score (nSPS) is 15.5. The van der Waals surface area contributed by atoms with Crippen molar-refractivity contribution >= 4 is 27.4 Å². The van der Waals surface area contributed by atoms with Gasteiger partial charge in [-0.3, -0.25) is 9.80 Å². The fourth-order valence-electron chi connectivity index (χ4n) is 5.76. The number of carbonyl (C=O) groups is 1. The first kappa shape index (κ1) is 32.9. The summed E-state index contributed by atoms with van der Waals surface area (Å²) in [5.41, 5.74) is 5.81. The van der Waals surface area contributed by atoms with E-state index in [1.807, 2.05) is 35.3 Å². The highest BCUT2D eigenvalue weighted by atomic mass is 32.2. The lowest BCUT2D eigenvalue weighted by Crippen LogP contribution is -2.43. The number of hydrogen-bond donors (Lipinski definition) is 1. The van der Waals surface area contributed by atoms with E-state index in [4.69, 9.17) is 9.84 Å². The Morgan fingerprint density at radius 2 is 1.61 bits per heavy atom. The lowest BCUT2D eigenvalue weighted by molar-refractivity contribution is -0.141. The molecule has 1 N–H and O–H groups in total. The van der Waals surface area contributed by atoms with Gasteiger partial charge in [-0.1, -0.05) is 74.4 Å². The molecule has 240 valence electrons. The molecule has 0 fully saturated rings. The van der Waals surface area contributed by atoms with Crippen LogP contribution in [0, 0.1) is 0 Å². The highest BCUT2D eigenvalue weighted by molar-refractivity contribution is 7.89.